The van der Waals surface area contributed by atoms with Crippen molar-refractivity contribution < 1.29 is 14.3 Å². The molecule has 1 saturated heterocycles. The SMILES string of the molecule is COc1cc([C@H]2CC[C@H](C)CN2C(=O)C(=O)Nc2cnc(N)c3c2NNC3)cc(C)n1. The van der Waals surface area contributed by atoms with Crippen LogP contribution < -0.4 is 26.6 Å². The lowest BCUT2D eigenvalue weighted by molar-refractivity contribution is -0.146. The lowest BCUT2D eigenvalue weighted by Crippen LogP contribution is -2.46. The number of nitrogens with one attached hydrogen (secondary N) is 3. The quantitative estimate of drug-likeness (QED) is 0.546. The highest BCUT2D eigenvalue weighted by Crippen LogP contribution is 2.35. The summed E-state index contributed by atoms with van der Waals surface area (Å²) >= 11 is 0. The predicted molar refractivity (Wildman–Crippen MR) is 116 cm³/mol. The van der Waals surface area contributed by atoms with Crippen LogP contribution >= 0.6 is 0 Å². The van der Waals surface area contributed by atoms with Crippen molar-refractivity contribution in [3.8, 4) is 5.88 Å². The zero-order chi connectivity index (χ0) is 22.1. The Balaban J connectivity index is 1.58. The van der Waals surface area contributed by atoms with Gasteiger partial charge in [0, 0.05) is 30.4 Å². The number of pyridine rings is 2. The molecule has 2 atom stereocenters. The maximum Gasteiger partial charge on any atom is 0.314 e. The number of nitrogen functional groups attached to an aromatic ring is 1. The first-order chi connectivity index (χ1) is 14.9. The number of aromatic nitrogens is 2. The molecule has 31 heavy (non-hydrogen) atoms. The summed E-state index contributed by atoms with van der Waals surface area (Å²) in [5.41, 5.74) is 15.3. The minimum atomic E-state index is -0.709. The first-order valence-electron chi connectivity index (χ1n) is 10.3. The molecule has 4 heterocycles. The normalized spacial score (nSPS) is 20.0. The van der Waals surface area contributed by atoms with Crippen LogP contribution in [-0.2, 0) is 16.1 Å². The van der Waals surface area contributed by atoms with E-state index < -0.39 is 11.8 Å². The number of carbonyl (C=O) groups excluding carboxylic acids is 2. The molecule has 0 spiro atoms. The van der Waals surface area contributed by atoms with Gasteiger partial charge in [0.1, 0.15) is 5.82 Å². The highest BCUT2D eigenvalue weighted by atomic mass is 16.5. The van der Waals surface area contributed by atoms with Gasteiger partial charge in [-0.3, -0.25) is 9.59 Å². The summed E-state index contributed by atoms with van der Waals surface area (Å²) < 4.78 is 5.30. The number of likely N-dealkylation sites (tertiary alicyclic amines) is 1. The molecule has 1 fully saturated rings. The van der Waals surface area contributed by atoms with Gasteiger partial charge in [0.15, 0.2) is 0 Å². The summed E-state index contributed by atoms with van der Waals surface area (Å²) in [4.78, 5) is 36.2. The highest BCUT2D eigenvalue weighted by molar-refractivity contribution is 6.40. The summed E-state index contributed by atoms with van der Waals surface area (Å²) in [5.74, 6) is -0.122. The Kier molecular flexibility index (Phi) is 5.64. The zero-order valence-electron chi connectivity index (χ0n) is 17.9. The van der Waals surface area contributed by atoms with Gasteiger partial charge in [-0.1, -0.05) is 6.92 Å². The molecule has 10 nitrogen and oxygen atoms in total. The lowest BCUT2D eigenvalue weighted by Gasteiger charge is -2.38. The van der Waals surface area contributed by atoms with Crippen molar-refractivity contribution in [2.24, 2.45) is 5.92 Å². The van der Waals surface area contributed by atoms with E-state index in [0.29, 0.717) is 42.1 Å². The van der Waals surface area contributed by atoms with Crippen molar-refractivity contribution in [1.82, 2.24) is 20.3 Å². The number of rotatable bonds is 3. The average Bonchev–Trinajstić information content (AvgIpc) is 3.25. The maximum atomic E-state index is 13.2. The van der Waals surface area contributed by atoms with E-state index in [1.807, 2.05) is 19.1 Å². The molecule has 0 aromatic carbocycles. The van der Waals surface area contributed by atoms with Gasteiger partial charge in [0.25, 0.3) is 0 Å². The molecule has 0 aliphatic carbocycles. The molecule has 2 amide bonds. The summed E-state index contributed by atoms with van der Waals surface area (Å²) in [6.45, 7) is 4.95. The Bertz CT molecular complexity index is 1030. The summed E-state index contributed by atoms with van der Waals surface area (Å²) in [7, 11) is 1.56. The van der Waals surface area contributed by atoms with E-state index in [-0.39, 0.29) is 6.04 Å². The number of methoxy groups -OCH3 is 1. The molecule has 0 saturated carbocycles. The van der Waals surface area contributed by atoms with E-state index in [4.69, 9.17) is 10.5 Å². The highest BCUT2D eigenvalue weighted by Gasteiger charge is 2.35. The smallest absolute Gasteiger partial charge is 0.314 e. The number of fused-ring (bicyclic) bond motifs is 1. The number of aryl methyl sites for hydroxylation is 1. The fourth-order valence-electron chi connectivity index (χ4n) is 4.20. The second-order valence-electron chi connectivity index (χ2n) is 8.08. The van der Waals surface area contributed by atoms with Crippen LogP contribution in [0.3, 0.4) is 0 Å². The average molecular weight is 425 g/mol. The van der Waals surface area contributed by atoms with Crippen LogP contribution in [-0.4, -0.2) is 40.3 Å². The summed E-state index contributed by atoms with van der Waals surface area (Å²) in [5, 5.41) is 2.70. The molecule has 4 rings (SSSR count). The van der Waals surface area contributed by atoms with E-state index >= 15 is 0 Å². The van der Waals surface area contributed by atoms with E-state index in [9.17, 15) is 9.59 Å². The van der Waals surface area contributed by atoms with Gasteiger partial charge in [0.2, 0.25) is 5.88 Å². The number of anilines is 3. The van der Waals surface area contributed by atoms with Crippen molar-refractivity contribution in [3.05, 3.63) is 35.2 Å². The fraction of sp³-hybridized carbons (Fsp3) is 0.429. The van der Waals surface area contributed by atoms with Crippen LogP contribution in [0.4, 0.5) is 17.2 Å². The molecule has 0 radical (unpaired) electrons. The molecule has 2 aromatic heterocycles. The van der Waals surface area contributed by atoms with Crippen molar-refractivity contribution in [1.29, 1.82) is 0 Å². The first-order valence-corrected chi connectivity index (χ1v) is 10.3. The number of hydrogen-bond donors (Lipinski definition) is 4. The predicted octanol–water partition coefficient (Wildman–Crippen LogP) is 1.74. The van der Waals surface area contributed by atoms with Crippen molar-refractivity contribution >= 4 is 29.0 Å². The molecular weight excluding hydrogens is 398 g/mol. The van der Waals surface area contributed by atoms with Crippen LogP contribution in [0.15, 0.2) is 18.3 Å². The summed E-state index contributed by atoms with van der Waals surface area (Å²) in [6.07, 6.45) is 3.18. The topological polar surface area (TPSA) is 134 Å². The number of nitrogens with zero attached hydrogens (tertiary/aromatic N) is 3. The van der Waals surface area contributed by atoms with Gasteiger partial charge in [-0.25, -0.2) is 15.4 Å². The van der Waals surface area contributed by atoms with Crippen LogP contribution in [0.5, 0.6) is 5.88 Å². The number of hydrogen-bond acceptors (Lipinski definition) is 8. The van der Waals surface area contributed by atoms with E-state index in [1.165, 1.54) is 6.20 Å². The third kappa shape index (κ3) is 4.11. The number of ether oxygens (including phenoxy) is 1. The fourth-order valence-corrected chi connectivity index (χ4v) is 4.20. The summed E-state index contributed by atoms with van der Waals surface area (Å²) in [6, 6.07) is 3.55. The third-order valence-corrected chi connectivity index (χ3v) is 5.76. The molecule has 0 unspecified atom stereocenters. The number of amides is 2. The van der Waals surface area contributed by atoms with Crippen molar-refractivity contribution in [3.63, 3.8) is 0 Å². The maximum absolute atomic E-state index is 13.2. The molecule has 164 valence electrons. The van der Waals surface area contributed by atoms with Gasteiger partial charge >= 0.3 is 11.8 Å². The van der Waals surface area contributed by atoms with Crippen LogP contribution in [0.1, 0.15) is 42.6 Å². The van der Waals surface area contributed by atoms with E-state index in [1.54, 1.807) is 12.0 Å². The number of carbonyl (C=O) groups is 2. The van der Waals surface area contributed by atoms with Gasteiger partial charge in [0.05, 0.1) is 30.7 Å². The number of hydrazine groups is 1. The van der Waals surface area contributed by atoms with Gasteiger partial charge in [-0.05, 0) is 37.3 Å². The molecule has 10 heteroatoms. The zero-order valence-corrected chi connectivity index (χ0v) is 17.9. The van der Waals surface area contributed by atoms with E-state index in [0.717, 1.165) is 29.7 Å². The Morgan fingerprint density at radius 2 is 2.13 bits per heavy atom. The number of piperidine rings is 1. The molecule has 2 aliphatic heterocycles. The Labute approximate surface area is 180 Å². The van der Waals surface area contributed by atoms with E-state index in [2.05, 4.69) is 33.1 Å². The molecule has 2 aromatic rings. The standard InChI is InChI=1S/C21H27N7O3/c1-11-4-5-16(13-6-12(2)25-17(7-13)31-3)28(10-11)21(30)20(29)26-15-9-23-19(22)14-8-24-27-18(14)15/h6-7,9,11,16,24,27H,4-5,8,10H2,1-3H3,(H2,22,23)(H,26,29)/t11-,16+/m0/s1. The minimum absolute atomic E-state index is 0.222. The van der Waals surface area contributed by atoms with Crippen molar-refractivity contribution in [2.45, 2.75) is 39.3 Å². The van der Waals surface area contributed by atoms with Gasteiger partial charge in [-0.15, -0.1) is 0 Å². The Morgan fingerprint density at radius 3 is 2.90 bits per heavy atom. The molecule has 2 aliphatic rings. The number of nitrogens with two attached hydrogens (primary N) is 1. The van der Waals surface area contributed by atoms with Crippen molar-refractivity contribution in [2.75, 3.05) is 30.1 Å². The minimum Gasteiger partial charge on any atom is -0.481 e. The Hall–Kier alpha value is -3.40. The lowest BCUT2D eigenvalue weighted by atomic mass is 9.90. The second kappa shape index (κ2) is 8.38. The van der Waals surface area contributed by atoms with Crippen LogP contribution in [0.25, 0.3) is 0 Å². The van der Waals surface area contributed by atoms with Crippen LogP contribution in [0.2, 0.25) is 0 Å². The Morgan fingerprint density at radius 1 is 1.32 bits per heavy atom. The molecular formula is C21H27N7O3. The molecule has 5 N–H and O–H groups in total. The molecule has 0 bridgehead atoms. The van der Waals surface area contributed by atoms with Crippen LogP contribution in [0, 0.1) is 12.8 Å². The first kappa shape index (κ1) is 20.9. The monoisotopic (exact) mass is 425 g/mol. The second-order valence-corrected chi connectivity index (χ2v) is 8.08. The third-order valence-electron chi connectivity index (χ3n) is 5.76. The van der Waals surface area contributed by atoms with Gasteiger partial charge < -0.3 is 26.1 Å². The van der Waals surface area contributed by atoms with Gasteiger partial charge in [-0.2, -0.15) is 0 Å². The largest absolute Gasteiger partial charge is 0.481 e.